The Kier molecular flexibility index (Phi) is 7.83. The van der Waals surface area contributed by atoms with E-state index in [1.54, 1.807) is 7.11 Å². The summed E-state index contributed by atoms with van der Waals surface area (Å²) in [6.45, 7) is 7.08. The number of rotatable bonds is 5. The summed E-state index contributed by atoms with van der Waals surface area (Å²) >= 11 is 0. The average molecular weight is 409 g/mol. The van der Waals surface area contributed by atoms with E-state index in [1.807, 2.05) is 0 Å². The molecule has 0 radical (unpaired) electrons. The van der Waals surface area contributed by atoms with Gasteiger partial charge < -0.3 is 14.9 Å². The number of methoxy groups -OCH3 is 1. The summed E-state index contributed by atoms with van der Waals surface area (Å²) in [6.07, 6.45) is 10.3. The van der Waals surface area contributed by atoms with Crippen molar-refractivity contribution in [3.05, 3.63) is 0 Å². The summed E-state index contributed by atoms with van der Waals surface area (Å²) in [5.74, 6) is 3.27. The van der Waals surface area contributed by atoms with E-state index < -0.39 is 6.29 Å². The molecule has 168 valence electrons. The maximum atomic E-state index is 13.2. The summed E-state index contributed by atoms with van der Waals surface area (Å²) in [7, 11) is 1.56. The summed E-state index contributed by atoms with van der Waals surface area (Å²) in [4.78, 5) is 13.2. The Morgan fingerprint density at radius 2 is 1.93 bits per heavy atom. The molecule has 9 atom stereocenters. The molecule has 0 bridgehead atoms. The number of aliphatic hydroxyl groups is 2. The second-order valence-corrected chi connectivity index (χ2v) is 10.9. The van der Waals surface area contributed by atoms with Crippen LogP contribution in [-0.2, 0) is 9.53 Å². The summed E-state index contributed by atoms with van der Waals surface area (Å²) in [6, 6.07) is 0. The van der Waals surface area contributed by atoms with Gasteiger partial charge in [0.1, 0.15) is 5.78 Å². The van der Waals surface area contributed by atoms with E-state index in [0.29, 0.717) is 48.2 Å². The Balaban J connectivity index is 1.71. The number of hydrogen-bond acceptors (Lipinski definition) is 4. The predicted octanol–water partition coefficient (Wildman–Crippen LogP) is 4.96. The smallest absolute Gasteiger partial charge is 0.154 e. The maximum absolute atomic E-state index is 13.2. The Bertz CT molecular complexity index is 549. The lowest BCUT2D eigenvalue weighted by Crippen LogP contribution is -2.52. The molecule has 0 heterocycles. The first kappa shape index (κ1) is 23.2. The molecule has 0 aromatic rings. The molecular formula is C25H44O4. The van der Waals surface area contributed by atoms with Gasteiger partial charge >= 0.3 is 0 Å². The molecule has 4 nitrogen and oxygen atoms in total. The van der Waals surface area contributed by atoms with Gasteiger partial charge in [0.25, 0.3) is 0 Å². The van der Waals surface area contributed by atoms with Crippen LogP contribution in [0.2, 0.25) is 0 Å². The minimum absolute atomic E-state index is 0.209. The van der Waals surface area contributed by atoms with E-state index in [9.17, 15) is 15.0 Å². The quantitative estimate of drug-likeness (QED) is 0.631. The maximum Gasteiger partial charge on any atom is 0.154 e. The van der Waals surface area contributed by atoms with Gasteiger partial charge in [-0.1, -0.05) is 33.6 Å². The zero-order valence-electron chi connectivity index (χ0n) is 19.1. The molecule has 0 aromatic heterocycles. The van der Waals surface area contributed by atoms with Gasteiger partial charge in [-0.3, -0.25) is 4.79 Å². The molecule has 4 heteroatoms. The van der Waals surface area contributed by atoms with Crippen LogP contribution in [0.25, 0.3) is 0 Å². The van der Waals surface area contributed by atoms with Gasteiger partial charge in [-0.05, 0) is 86.4 Å². The molecule has 2 N–H and O–H groups in total. The van der Waals surface area contributed by atoms with Crippen molar-refractivity contribution >= 4 is 5.78 Å². The van der Waals surface area contributed by atoms with Gasteiger partial charge in [0.2, 0.25) is 0 Å². The van der Waals surface area contributed by atoms with Gasteiger partial charge in [-0.25, -0.2) is 0 Å². The summed E-state index contributed by atoms with van der Waals surface area (Å²) in [5.41, 5.74) is 0.222. The first-order valence-electron chi connectivity index (χ1n) is 12.2. The third-order valence-electron chi connectivity index (χ3n) is 9.25. The van der Waals surface area contributed by atoms with Crippen LogP contribution in [0.3, 0.4) is 0 Å². The van der Waals surface area contributed by atoms with Crippen molar-refractivity contribution in [2.45, 2.75) is 104 Å². The Morgan fingerprint density at radius 3 is 2.66 bits per heavy atom. The van der Waals surface area contributed by atoms with Crippen molar-refractivity contribution in [1.29, 1.82) is 0 Å². The van der Waals surface area contributed by atoms with E-state index >= 15 is 0 Å². The van der Waals surface area contributed by atoms with E-state index in [-0.39, 0.29) is 17.4 Å². The first-order chi connectivity index (χ1) is 13.8. The fraction of sp³-hybridized carbons (Fsp3) is 0.960. The number of Topliss-reactive ketones (excluding diaryl/α,β-unsaturated/α-hetero) is 1. The fourth-order valence-corrected chi connectivity index (χ4v) is 7.17. The molecule has 0 amide bonds. The van der Waals surface area contributed by atoms with E-state index in [1.165, 1.54) is 19.3 Å². The van der Waals surface area contributed by atoms with Crippen LogP contribution in [0.4, 0.5) is 0 Å². The normalized spacial score (nSPS) is 43.3. The van der Waals surface area contributed by atoms with Gasteiger partial charge in [-0.15, -0.1) is 0 Å². The molecular weight excluding hydrogens is 364 g/mol. The molecule has 0 aromatic carbocycles. The highest BCUT2D eigenvalue weighted by Crippen LogP contribution is 2.58. The predicted molar refractivity (Wildman–Crippen MR) is 115 cm³/mol. The van der Waals surface area contributed by atoms with Crippen LogP contribution in [0.5, 0.6) is 0 Å². The number of ether oxygens (including phenoxy) is 1. The van der Waals surface area contributed by atoms with Crippen molar-refractivity contribution in [1.82, 2.24) is 0 Å². The standard InChI is InChI=1S/C25H44O4/c1-16(9-11-23(28)29-4)18-6-5-7-21-24(17(2)8-10-18)22(27)15-19-14-20(26)12-13-25(19,21)3/h16-21,23-24,26,28H,5-15H2,1-4H3/t16-,17?,18?,19+,20-,21?,23?,24?,25+/m1/s1. The zero-order chi connectivity index (χ0) is 21.2. The lowest BCUT2D eigenvalue weighted by atomic mass is 9.49. The molecule has 3 saturated carbocycles. The largest absolute Gasteiger partial charge is 0.393 e. The molecule has 3 aliphatic carbocycles. The third-order valence-corrected chi connectivity index (χ3v) is 9.25. The Morgan fingerprint density at radius 1 is 1.17 bits per heavy atom. The molecule has 3 fully saturated rings. The molecule has 5 unspecified atom stereocenters. The number of carbonyl (C=O) groups excluding carboxylic acids is 1. The molecule has 29 heavy (non-hydrogen) atoms. The highest BCUT2D eigenvalue weighted by molar-refractivity contribution is 5.83. The van der Waals surface area contributed by atoms with Crippen molar-refractivity contribution in [2.75, 3.05) is 7.11 Å². The van der Waals surface area contributed by atoms with Crippen LogP contribution >= 0.6 is 0 Å². The molecule has 0 saturated heterocycles. The molecule has 3 aliphatic rings. The fourth-order valence-electron chi connectivity index (χ4n) is 7.17. The van der Waals surface area contributed by atoms with Crippen LogP contribution in [0.15, 0.2) is 0 Å². The second kappa shape index (κ2) is 9.78. The average Bonchev–Trinajstić information content (AvgIpc) is 2.77. The van der Waals surface area contributed by atoms with E-state index in [4.69, 9.17) is 4.74 Å². The van der Waals surface area contributed by atoms with E-state index in [2.05, 4.69) is 20.8 Å². The minimum Gasteiger partial charge on any atom is -0.393 e. The van der Waals surface area contributed by atoms with Crippen LogP contribution in [0, 0.1) is 40.9 Å². The monoisotopic (exact) mass is 408 g/mol. The molecule has 0 spiro atoms. The van der Waals surface area contributed by atoms with E-state index in [0.717, 1.165) is 38.5 Å². The molecule has 3 rings (SSSR count). The van der Waals surface area contributed by atoms with Crippen molar-refractivity contribution in [2.24, 2.45) is 40.9 Å². The third kappa shape index (κ3) is 5.07. The zero-order valence-corrected chi connectivity index (χ0v) is 19.1. The van der Waals surface area contributed by atoms with Crippen LogP contribution in [-0.4, -0.2) is 35.5 Å². The van der Waals surface area contributed by atoms with Crippen LogP contribution < -0.4 is 0 Å². The van der Waals surface area contributed by atoms with Gasteiger partial charge in [0.15, 0.2) is 6.29 Å². The Hall–Kier alpha value is -0.450. The number of hydrogen-bond donors (Lipinski definition) is 2. The number of ketones is 1. The van der Waals surface area contributed by atoms with Crippen molar-refractivity contribution < 1.29 is 19.7 Å². The van der Waals surface area contributed by atoms with Gasteiger partial charge in [0, 0.05) is 19.4 Å². The Labute approximate surface area is 177 Å². The first-order valence-corrected chi connectivity index (χ1v) is 12.2. The number of aliphatic hydroxyl groups excluding tert-OH is 2. The van der Waals surface area contributed by atoms with Crippen molar-refractivity contribution in [3.63, 3.8) is 0 Å². The molecule has 0 aliphatic heterocycles. The van der Waals surface area contributed by atoms with Gasteiger partial charge in [0.05, 0.1) is 6.10 Å². The SMILES string of the molecule is COC(O)CC[C@@H](C)C1CCCC2C(C(=O)C[C@@H]3C[C@H](O)CC[C@]23C)C(C)CC1. The number of fused-ring (bicyclic) bond motifs is 3. The highest BCUT2D eigenvalue weighted by Gasteiger charge is 2.54. The summed E-state index contributed by atoms with van der Waals surface area (Å²) in [5, 5.41) is 19.9. The summed E-state index contributed by atoms with van der Waals surface area (Å²) < 4.78 is 5.01. The van der Waals surface area contributed by atoms with Gasteiger partial charge in [-0.2, -0.15) is 0 Å². The topological polar surface area (TPSA) is 66.8 Å². The lowest BCUT2D eigenvalue weighted by molar-refractivity contribution is -0.146. The van der Waals surface area contributed by atoms with Crippen LogP contribution in [0.1, 0.15) is 91.4 Å². The second-order valence-electron chi connectivity index (χ2n) is 10.9. The lowest BCUT2D eigenvalue weighted by Gasteiger charge is -2.55. The van der Waals surface area contributed by atoms with Crippen molar-refractivity contribution in [3.8, 4) is 0 Å². The minimum atomic E-state index is -0.647. The highest BCUT2D eigenvalue weighted by atomic mass is 16.6. The number of carbonyl (C=O) groups is 1.